The van der Waals surface area contributed by atoms with Crippen LogP contribution in [0.3, 0.4) is 0 Å². The number of carbonyl (C=O) groups is 1. The van der Waals surface area contributed by atoms with E-state index in [-0.39, 0.29) is 21.8 Å². The monoisotopic (exact) mass is 438 g/mol. The number of rotatable bonds is 2. The molecule has 0 amide bonds. The molecule has 3 nitrogen and oxygen atoms in total. The number of alkyl halides is 3. The van der Waals surface area contributed by atoms with Crippen molar-refractivity contribution in [3.05, 3.63) is 64.1 Å². The zero-order valence-corrected chi connectivity index (χ0v) is 16.9. The number of carbonyl (C=O) groups excluding carboxylic acids is 1. The van der Waals surface area contributed by atoms with Crippen LogP contribution in [0.2, 0.25) is 5.02 Å². The third-order valence-corrected chi connectivity index (χ3v) is 6.13. The number of halogens is 5. The maximum absolute atomic E-state index is 14.7. The van der Waals surface area contributed by atoms with Gasteiger partial charge in [-0.2, -0.15) is 23.0 Å². The van der Waals surface area contributed by atoms with Crippen LogP contribution >= 0.6 is 11.6 Å². The molecule has 2 aromatic carbocycles. The van der Waals surface area contributed by atoms with E-state index >= 15 is 0 Å². The van der Waals surface area contributed by atoms with Crippen LogP contribution in [0.15, 0.2) is 36.4 Å². The Kier molecular flexibility index (Phi) is 5.34. The SMILES string of the molecule is C[C@H]1CC[C@@H](c2nn(C(=O)c3c(Cl)cccc3C(F)(F)F)c3cccc(F)c32)CC1. The standard InChI is InChI=1S/C22H19ClF4N2O/c1-12-8-10-13(11-9-12)20-19-16(24)6-3-7-17(19)29(28-20)21(30)18-14(22(25,26)27)4-2-5-15(18)23/h2-7,12-13H,8-11H2,1H3/t12-,13+. The number of aromatic nitrogens is 2. The van der Waals surface area contributed by atoms with Gasteiger partial charge in [0.2, 0.25) is 0 Å². The van der Waals surface area contributed by atoms with Gasteiger partial charge in [0.1, 0.15) is 5.82 Å². The van der Waals surface area contributed by atoms with Crippen LogP contribution in [0, 0.1) is 11.7 Å². The molecule has 0 radical (unpaired) electrons. The summed E-state index contributed by atoms with van der Waals surface area (Å²) in [5.74, 6) is -1.07. The van der Waals surface area contributed by atoms with Crippen LogP contribution in [0.1, 0.15) is 60.1 Å². The summed E-state index contributed by atoms with van der Waals surface area (Å²) >= 11 is 6.00. The summed E-state index contributed by atoms with van der Waals surface area (Å²) < 4.78 is 56.1. The number of fused-ring (bicyclic) bond motifs is 1. The fourth-order valence-electron chi connectivity index (χ4n) is 4.21. The summed E-state index contributed by atoms with van der Waals surface area (Å²) in [5, 5.41) is 4.20. The quantitative estimate of drug-likeness (QED) is 0.411. The third kappa shape index (κ3) is 3.60. The first kappa shape index (κ1) is 20.8. The molecule has 8 heteroatoms. The van der Waals surface area contributed by atoms with Gasteiger partial charge in [0.15, 0.2) is 0 Å². The van der Waals surface area contributed by atoms with Crippen molar-refractivity contribution < 1.29 is 22.4 Å². The highest BCUT2D eigenvalue weighted by Crippen LogP contribution is 2.40. The summed E-state index contributed by atoms with van der Waals surface area (Å²) in [5.41, 5.74) is -1.28. The zero-order valence-electron chi connectivity index (χ0n) is 16.1. The molecule has 0 bridgehead atoms. The Hall–Kier alpha value is -2.41. The van der Waals surface area contributed by atoms with Crippen LogP contribution in [-0.4, -0.2) is 15.7 Å². The maximum Gasteiger partial charge on any atom is 0.417 e. The summed E-state index contributed by atoms with van der Waals surface area (Å²) in [7, 11) is 0. The Morgan fingerprint density at radius 1 is 1.10 bits per heavy atom. The molecule has 158 valence electrons. The van der Waals surface area contributed by atoms with Crippen molar-refractivity contribution in [2.75, 3.05) is 0 Å². The minimum atomic E-state index is -4.77. The first-order valence-corrected chi connectivity index (χ1v) is 10.1. The predicted molar refractivity (Wildman–Crippen MR) is 106 cm³/mol. The summed E-state index contributed by atoms with van der Waals surface area (Å²) in [6.07, 6.45) is -1.30. The zero-order chi connectivity index (χ0) is 21.6. The van der Waals surface area contributed by atoms with Crippen molar-refractivity contribution in [1.82, 2.24) is 9.78 Å². The topological polar surface area (TPSA) is 34.9 Å². The van der Waals surface area contributed by atoms with Gasteiger partial charge in [0, 0.05) is 5.92 Å². The number of nitrogens with zero attached hydrogens (tertiary/aromatic N) is 2. The van der Waals surface area contributed by atoms with Gasteiger partial charge in [-0.05, 0) is 43.0 Å². The molecular formula is C22H19ClF4N2O. The van der Waals surface area contributed by atoms with Crippen LogP contribution in [0.25, 0.3) is 10.9 Å². The predicted octanol–water partition coefficient (Wildman–Crippen LogP) is 6.83. The minimum absolute atomic E-state index is 0.0528. The average Bonchev–Trinajstić information content (AvgIpc) is 3.08. The molecule has 1 saturated carbocycles. The Morgan fingerprint density at radius 2 is 1.77 bits per heavy atom. The maximum atomic E-state index is 14.7. The molecular weight excluding hydrogens is 420 g/mol. The smallest absolute Gasteiger partial charge is 0.267 e. The molecule has 3 aromatic rings. The van der Waals surface area contributed by atoms with Crippen molar-refractivity contribution >= 4 is 28.4 Å². The molecule has 1 heterocycles. The Labute approximate surface area is 175 Å². The van der Waals surface area contributed by atoms with Gasteiger partial charge in [0.25, 0.3) is 5.91 Å². The van der Waals surface area contributed by atoms with Crippen LogP contribution in [-0.2, 0) is 6.18 Å². The number of hydrogen-bond donors (Lipinski definition) is 0. The first-order chi connectivity index (χ1) is 14.2. The fourth-order valence-corrected chi connectivity index (χ4v) is 4.47. The van der Waals surface area contributed by atoms with Crippen LogP contribution in [0.4, 0.5) is 17.6 Å². The first-order valence-electron chi connectivity index (χ1n) is 9.76. The molecule has 1 aliphatic rings. The summed E-state index contributed by atoms with van der Waals surface area (Å²) in [6, 6.07) is 7.33. The van der Waals surface area contributed by atoms with E-state index in [2.05, 4.69) is 12.0 Å². The molecule has 4 rings (SSSR count). The second kappa shape index (κ2) is 7.69. The van der Waals surface area contributed by atoms with Crippen molar-refractivity contribution in [1.29, 1.82) is 0 Å². The van der Waals surface area contributed by atoms with E-state index in [1.54, 1.807) is 0 Å². The molecule has 1 aromatic heterocycles. The normalized spacial score (nSPS) is 19.9. The lowest BCUT2D eigenvalue weighted by Gasteiger charge is -2.25. The molecule has 0 aliphatic heterocycles. The lowest BCUT2D eigenvalue weighted by atomic mass is 9.81. The van der Waals surface area contributed by atoms with E-state index in [1.807, 2.05) is 0 Å². The van der Waals surface area contributed by atoms with Crippen molar-refractivity contribution in [3.8, 4) is 0 Å². The van der Waals surface area contributed by atoms with Gasteiger partial charge in [0.05, 0.1) is 32.7 Å². The highest BCUT2D eigenvalue weighted by atomic mass is 35.5. The van der Waals surface area contributed by atoms with E-state index in [9.17, 15) is 22.4 Å². The van der Waals surface area contributed by atoms with Crippen molar-refractivity contribution in [3.63, 3.8) is 0 Å². The molecule has 1 fully saturated rings. The van der Waals surface area contributed by atoms with Gasteiger partial charge in [-0.1, -0.05) is 43.5 Å². The fraction of sp³-hybridized carbons (Fsp3) is 0.364. The Bertz CT molecular complexity index is 1110. The number of hydrogen-bond acceptors (Lipinski definition) is 2. The van der Waals surface area contributed by atoms with Crippen LogP contribution < -0.4 is 0 Å². The molecule has 30 heavy (non-hydrogen) atoms. The van der Waals surface area contributed by atoms with Gasteiger partial charge in [-0.15, -0.1) is 0 Å². The Morgan fingerprint density at radius 3 is 2.43 bits per heavy atom. The molecule has 1 aliphatic carbocycles. The molecule has 0 atom stereocenters. The van der Waals surface area contributed by atoms with E-state index in [0.29, 0.717) is 11.6 Å². The third-order valence-electron chi connectivity index (χ3n) is 5.81. The van der Waals surface area contributed by atoms with Crippen LogP contribution in [0.5, 0.6) is 0 Å². The van der Waals surface area contributed by atoms with E-state index in [1.165, 1.54) is 24.3 Å². The van der Waals surface area contributed by atoms with E-state index < -0.39 is 29.0 Å². The minimum Gasteiger partial charge on any atom is -0.267 e. The molecule has 0 N–H and O–H groups in total. The summed E-state index contributed by atoms with van der Waals surface area (Å²) in [4.78, 5) is 13.2. The lowest BCUT2D eigenvalue weighted by molar-refractivity contribution is -0.137. The largest absolute Gasteiger partial charge is 0.417 e. The molecule has 0 spiro atoms. The second-order valence-corrected chi connectivity index (χ2v) is 8.26. The molecule has 0 saturated heterocycles. The highest BCUT2D eigenvalue weighted by Gasteiger charge is 2.37. The van der Waals surface area contributed by atoms with Crippen molar-refractivity contribution in [2.24, 2.45) is 5.92 Å². The highest BCUT2D eigenvalue weighted by molar-refractivity contribution is 6.34. The van der Waals surface area contributed by atoms with Gasteiger partial charge < -0.3 is 0 Å². The average molecular weight is 439 g/mol. The summed E-state index contributed by atoms with van der Waals surface area (Å²) in [6.45, 7) is 2.15. The lowest BCUT2D eigenvalue weighted by Crippen LogP contribution is -2.20. The molecule has 0 unspecified atom stereocenters. The van der Waals surface area contributed by atoms with Gasteiger partial charge >= 0.3 is 6.18 Å². The Balaban J connectivity index is 1.89. The van der Waals surface area contributed by atoms with Gasteiger partial charge in [-0.3, -0.25) is 4.79 Å². The number of benzene rings is 2. The second-order valence-electron chi connectivity index (χ2n) is 7.85. The van der Waals surface area contributed by atoms with Crippen molar-refractivity contribution in [2.45, 2.75) is 44.7 Å². The van der Waals surface area contributed by atoms with E-state index in [0.717, 1.165) is 42.5 Å². The van der Waals surface area contributed by atoms with E-state index in [4.69, 9.17) is 11.6 Å². The van der Waals surface area contributed by atoms with Gasteiger partial charge in [-0.25, -0.2) is 4.39 Å².